The van der Waals surface area contributed by atoms with E-state index in [4.69, 9.17) is 4.74 Å². The summed E-state index contributed by atoms with van der Waals surface area (Å²) >= 11 is 0. The van der Waals surface area contributed by atoms with Crippen molar-refractivity contribution in [2.45, 2.75) is 19.3 Å². The van der Waals surface area contributed by atoms with Gasteiger partial charge >= 0.3 is 0 Å². The molecule has 1 amide bonds. The largest absolute Gasteiger partial charge is 0.493 e. The van der Waals surface area contributed by atoms with Gasteiger partial charge in [0.05, 0.1) is 18.6 Å². The van der Waals surface area contributed by atoms with Gasteiger partial charge < -0.3 is 9.64 Å². The fourth-order valence-electron chi connectivity index (χ4n) is 3.91. The van der Waals surface area contributed by atoms with E-state index in [1.807, 2.05) is 30.3 Å². The zero-order chi connectivity index (χ0) is 19.7. The molecule has 2 aliphatic heterocycles. The molecule has 0 saturated carbocycles. The molecule has 1 unspecified atom stereocenters. The van der Waals surface area contributed by atoms with Crippen molar-refractivity contribution in [2.24, 2.45) is 5.92 Å². The number of nitrogens with zero attached hydrogens (tertiary/aromatic N) is 2. The average Bonchev–Trinajstić information content (AvgIpc) is 3.11. The van der Waals surface area contributed by atoms with Crippen LogP contribution in [0.5, 0.6) is 5.75 Å². The van der Waals surface area contributed by atoms with Gasteiger partial charge in [0, 0.05) is 31.1 Å². The first-order chi connectivity index (χ1) is 13.4. The number of amides is 1. The molecule has 1 atom stereocenters. The molecule has 0 aromatic heterocycles. The lowest BCUT2D eigenvalue weighted by Crippen LogP contribution is -2.38. The first-order valence-corrected chi connectivity index (χ1v) is 11.4. The summed E-state index contributed by atoms with van der Waals surface area (Å²) < 4.78 is 32.4. The van der Waals surface area contributed by atoms with Crippen molar-refractivity contribution in [3.63, 3.8) is 0 Å². The van der Waals surface area contributed by atoms with E-state index in [-0.39, 0.29) is 11.8 Å². The number of sulfonamides is 1. The van der Waals surface area contributed by atoms with Crippen molar-refractivity contribution in [3.05, 3.63) is 54.1 Å². The third-order valence-corrected chi connectivity index (χ3v) is 6.44. The van der Waals surface area contributed by atoms with Gasteiger partial charge in [0.15, 0.2) is 0 Å². The Labute approximate surface area is 165 Å². The van der Waals surface area contributed by atoms with Crippen LogP contribution in [0.2, 0.25) is 0 Å². The third kappa shape index (κ3) is 3.85. The van der Waals surface area contributed by atoms with Crippen LogP contribution in [-0.4, -0.2) is 40.3 Å². The Morgan fingerprint density at radius 1 is 1.18 bits per heavy atom. The Hall–Kier alpha value is -2.54. The van der Waals surface area contributed by atoms with Crippen LogP contribution >= 0.6 is 0 Å². The number of carbonyl (C=O) groups is 1. The number of anilines is 2. The molecular formula is C21H24N2O4S. The molecule has 2 heterocycles. The highest BCUT2D eigenvalue weighted by molar-refractivity contribution is 7.92. The van der Waals surface area contributed by atoms with Gasteiger partial charge in [-0.15, -0.1) is 0 Å². The van der Waals surface area contributed by atoms with E-state index in [1.54, 1.807) is 23.1 Å². The second-order valence-electron chi connectivity index (χ2n) is 7.45. The van der Waals surface area contributed by atoms with Crippen LogP contribution in [0.4, 0.5) is 11.4 Å². The summed E-state index contributed by atoms with van der Waals surface area (Å²) in [7, 11) is -3.47. The molecule has 4 rings (SSSR count). The highest BCUT2D eigenvalue weighted by atomic mass is 32.2. The number of para-hydroxylation sites is 1. The van der Waals surface area contributed by atoms with Crippen LogP contribution in [0.15, 0.2) is 48.5 Å². The number of hydrogen-bond acceptors (Lipinski definition) is 4. The van der Waals surface area contributed by atoms with Gasteiger partial charge in [0.2, 0.25) is 15.9 Å². The van der Waals surface area contributed by atoms with Crippen LogP contribution in [0, 0.1) is 5.92 Å². The van der Waals surface area contributed by atoms with Gasteiger partial charge in [0.25, 0.3) is 0 Å². The van der Waals surface area contributed by atoms with Crippen molar-refractivity contribution in [3.8, 4) is 5.75 Å². The third-order valence-electron chi connectivity index (χ3n) is 5.28. The number of carbonyl (C=O) groups excluding carboxylic acids is 1. The lowest BCUT2D eigenvalue weighted by Gasteiger charge is -2.31. The number of hydrogen-bond donors (Lipinski definition) is 0. The Kier molecular flexibility index (Phi) is 5.02. The topological polar surface area (TPSA) is 66.9 Å². The molecule has 0 N–H and O–H groups in total. The first kappa shape index (κ1) is 18.8. The molecule has 148 valence electrons. The molecule has 7 heteroatoms. The Morgan fingerprint density at radius 3 is 2.75 bits per heavy atom. The average molecular weight is 401 g/mol. The molecular weight excluding hydrogens is 376 g/mol. The fraction of sp³-hybridized carbons (Fsp3) is 0.381. The summed E-state index contributed by atoms with van der Waals surface area (Å²) in [6.07, 6.45) is 3.36. The standard InChI is InChI=1S/C21H24N2O4S/c1-28(25,26)23(14-16-12-17-6-2-3-9-20(17)27-15-16)19-8-4-7-18(13-19)22-11-5-10-21(22)24/h2-4,6-9,13,16H,5,10-12,14-15H2,1H3. The van der Waals surface area contributed by atoms with E-state index in [0.717, 1.165) is 29.8 Å². The number of fused-ring (bicyclic) bond motifs is 1. The minimum atomic E-state index is -3.47. The van der Waals surface area contributed by atoms with Crippen molar-refractivity contribution in [1.82, 2.24) is 0 Å². The molecule has 0 spiro atoms. The normalized spacial score (nSPS) is 19.2. The minimum Gasteiger partial charge on any atom is -0.493 e. The van der Waals surface area contributed by atoms with Gasteiger partial charge in [-0.05, 0) is 42.7 Å². The number of benzene rings is 2. The zero-order valence-electron chi connectivity index (χ0n) is 15.9. The van der Waals surface area contributed by atoms with Gasteiger partial charge in [-0.1, -0.05) is 24.3 Å². The zero-order valence-corrected chi connectivity index (χ0v) is 16.7. The quantitative estimate of drug-likeness (QED) is 0.774. The van der Waals surface area contributed by atoms with E-state index in [0.29, 0.717) is 31.8 Å². The maximum atomic E-state index is 12.6. The molecule has 1 saturated heterocycles. The van der Waals surface area contributed by atoms with Gasteiger partial charge in [-0.2, -0.15) is 0 Å². The van der Waals surface area contributed by atoms with Crippen LogP contribution in [0.3, 0.4) is 0 Å². The van der Waals surface area contributed by atoms with Crippen molar-refractivity contribution in [2.75, 3.05) is 35.2 Å². The second kappa shape index (κ2) is 7.47. The molecule has 0 aliphatic carbocycles. The molecule has 6 nitrogen and oxygen atoms in total. The monoisotopic (exact) mass is 400 g/mol. The van der Waals surface area contributed by atoms with Crippen molar-refractivity contribution < 1.29 is 17.9 Å². The van der Waals surface area contributed by atoms with Crippen molar-refractivity contribution in [1.29, 1.82) is 0 Å². The lowest BCUT2D eigenvalue weighted by atomic mass is 9.96. The van der Waals surface area contributed by atoms with Crippen molar-refractivity contribution >= 4 is 27.3 Å². The van der Waals surface area contributed by atoms with E-state index in [2.05, 4.69) is 0 Å². The fourth-order valence-corrected chi connectivity index (χ4v) is 4.89. The van der Waals surface area contributed by atoms with Crippen LogP contribution < -0.4 is 13.9 Å². The van der Waals surface area contributed by atoms with Gasteiger partial charge in [0.1, 0.15) is 5.75 Å². The summed E-state index contributed by atoms with van der Waals surface area (Å²) in [5.74, 6) is 1.02. The Morgan fingerprint density at radius 2 is 2.00 bits per heavy atom. The Balaban J connectivity index is 1.59. The van der Waals surface area contributed by atoms with Crippen LogP contribution in [0.1, 0.15) is 18.4 Å². The lowest BCUT2D eigenvalue weighted by molar-refractivity contribution is -0.117. The molecule has 2 aromatic rings. The van der Waals surface area contributed by atoms with Gasteiger partial charge in [-0.25, -0.2) is 8.42 Å². The van der Waals surface area contributed by atoms with E-state index in [1.165, 1.54) is 10.6 Å². The number of ether oxygens (including phenoxy) is 1. The number of rotatable bonds is 5. The minimum absolute atomic E-state index is 0.0571. The van der Waals surface area contributed by atoms with E-state index < -0.39 is 10.0 Å². The second-order valence-corrected chi connectivity index (χ2v) is 9.36. The predicted molar refractivity (Wildman–Crippen MR) is 109 cm³/mol. The molecule has 0 bridgehead atoms. The summed E-state index contributed by atoms with van der Waals surface area (Å²) in [5, 5.41) is 0. The molecule has 1 fully saturated rings. The molecule has 2 aliphatic rings. The summed E-state index contributed by atoms with van der Waals surface area (Å²) in [4.78, 5) is 13.8. The SMILES string of the molecule is CS(=O)(=O)N(CC1COc2ccccc2C1)c1cccc(N2CCCC2=O)c1. The molecule has 28 heavy (non-hydrogen) atoms. The highest BCUT2D eigenvalue weighted by Gasteiger charge is 2.28. The highest BCUT2D eigenvalue weighted by Crippen LogP contribution is 2.31. The van der Waals surface area contributed by atoms with Crippen LogP contribution in [-0.2, 0) is 21.2 Å². The smallest absolute Gasteiger partial charge is 0.232 e. The summed E-state index contributed by atoms with van der Waals surface area (Å²) in [5.41, 5.74) is 2.43. The summed E-state index contributed by atoms with van der Waals surface area (Å²) in [6.45, 7) is 1.49. The summed E-state index contributed by atoms with van der Waals surface area (Å²) in [6, 6.07) is 15.1. The van der Waals surface area contributed by atoms with E-state index >= 15 is 0 Å². The van der Waals surface area contributed by atoms with E-state index in [9.17, 15) is 13.2 Å². The molecule has 2 aromatic carbocycles. The maximum Gasteiger partial charge on any atom is 0.232 e. The molecule has 0 radical (unpaired) electrons. The van der Waals surface area contributed by atoms with Gasteiger partial charge in [-0.3, -0.25) is 9.10 Å². The Bertz CT molecular complexity index is 989. The predicted octanol–water partition coefficient (Wildman–Crippen LogP) is 2.83. The maximum absolute atomic E-state index is 12.6. The first-order valence-electron chi connectivity index (χ1n) is 9.50. The van der Waals surface area contributed by atoms with Crippen LogP contribution in [0.25, 0.3) is 0 Å².